The van der Waals surface area contributed by atoms with Crippen LogP contribution < -0.4 is 5.49 Å². The van der Waals surface area contributed by atoms with Crippen LogP contribution in [-0.2, 0) is 6.54 Å². The first-order chi connectivity index (χ1) is 12.7. The molecular weight excluding hydrogens is 324 g/mol. The van der Waals surface area contributed by atoms with E-state index in [1.165, 1.54) is 5.56 Å². The van der Waals surface area contributed by atoms with Gasteiger partial charge < -0.3 is 9.55 Å². The van der Waals surface area contributed by atoms with Crippen molar-refractivity contribution in [2.75, 3.05) is 7.05 Å². The molecule has 0 unspecified atom stereocenters. The fourth-order valence-corrected chi connectivity index (χ4v) is 3.27. The molecule has 4 aromatic rings. The van der Waals surface area contributed by atoms with E-state index in [0.29, 0.717) is 5.49 Å². The lowest BCUT2D eigenvalue weighted by atomic mass is 10.2. The molecule has 0 aliphatic carbocycles. The minimum Gasteiger partial charge on any atom is -0.343 e. The van der Waals surface area contributed by atoms with E-state index in [2.05, 4.69) is 37.7 Å². The van der Waals surface area contributed by atoms with Crippen LogP contribution in [-0.4, -0.2) is 32.0 Å². The van der Waals surface area contributed by atoms with Crippen molar-refractivity contribution in [3.05, 3.63) is 72.1 Å². The summed E-state index contributed by atoms with van der Waals surface area (Å²) in [6.07, 6.45) is 3.50. The molecule has 0 saturated carbocycles. The number of hydrogen-bond donors (Lipinski definition) is 2. The number of pyridine rings is 1. The molecule has 0 radical (unpaired) electrons. The van der Waals surface area contributed by atoms with Crippen molar-refractivity contribution in [3.8, 4) is 11.4 Å². The molecule has 26 heavy (non-hydrogen) atoms. The number of imidazole rings is 1. The number of aromatic nitrogens is 4. The number of rotatable bonds is 3. The Morgan fingerprint density at radius 2 is 1.96 bits per heavy atom. The van der Waals surface area contributed by atoms with Crippen molar-refractivity contribution >= 4 is 16.9 Å². The molecule has 0 saturated heterocycles. The Morgan fingerprint density at radius 1 is 1.15 bits per heavy atom. The average Bonchev–Trinajstić information content (AvgIpc) is 3.30. The van der Waals surface area contributed by atoms with E-state index >= 15 is 0 Å². The van der Waals surface area contributed by atoms with Gasteiger partial charge in [0.25, 0.3) is 0 Å². The van der Waals surface area contributed by atoms with Gasteiger partial charge in [-0.3, -0.25) is 15.0 Å². The monoisotopic (exact) mass is 344 g/mol. The highest BCUT2D eigenvalue weighted by atomic mass is 15.1. The highest BCUT2D eigenvalue weighted by Gasteiger charge is 2.15. The van der Waals surface area contributed by atoms with Crippen LogP contribution in [0.4, 0.5) is 0 Å². The zero-order valence-electron chi connectivity index (χ0n) is 14.8. The zero-order valence-corrected chi connectivity index (χ0v) is 14.8. The molecule has 0 atom stereocenters. The quantitative estimate of drug-likeness (QED) is 0.434. The third kappa shape index (κ3) is 2.65. The van der Waals surface area contributed by atoms with Crippen molar-refractivity contribution in [1.29, 1.82) is 5.41 Å². The number of nitrogens with zero attached hydrogens (tertiary/aromatic N) is 4. The third-order valence-electron chi connectivity index (χ3n) is 4.60. The standard InChI is InChI=1S/C20H20N6/c1-14(22-2)26-19-10-18(16-11-23-13-24-16)25(17(19)8-9-20(26)21)12-15-6-4-3-5-7-15/h3-11,13,21H,12H2,1-2H3,(H,23,24). The van der Waals surface area contributed by atoms with Crippen LogP contribution in [0.15, 0.2) is 66.0 Å². The number of hydrogen-bond acceptors (Lipinski definition) is 3. The van der Waals surface area contributed by atoms with Crippen molar-refractivity contribution < 1.29 is 0 Å². The molecule has 0 aliphatic heterocycles. The number of nitrogens with one attached hydrogen (secondary N) is 2. The molecule has 3 aromatic heterocycles. The smallest absolute Gasteiger partial charge is 0.130 e. The molecular formula is C20H20N6. The molecule has 6 nitrogen and oxygen atoms in total. The second-order valence-electron chi connectivity index (χ2n) is 6.16. The lowest BCUT2D eigenvalue weighted by molar-refractivity contribution is 0.840. The van der Waals surface area contributed by atoms with E-state index in [9.17, 15) is 0 Å². The van der Waals surface area contributed by atoms with Gasteiger partial charge >= 0.3 is 0 Å². The first kappa shape index (κ1) is 16.1. The van der Waals surface area contributed by atoms with E-state index < -0.39 is 0 Å². The predicted octanol–water partition coefficient (Wildman–Crippen LogP) is 3.26. The molecule has 0 amide bonds. The minimum absolute atomic E-state index is 0.411. The summed E-state index contributed by atoms with van der Waals surface area (Å²) in [5.74, 6) is 0.786. The van der Waals surface area contributed by atoms with Crippen molar-refractivity contribution in [3.63, 3.8) is 0 Å². The number of H-pyrrole nitrogens is 1. The SMILES string of the molecule is CN=C(C)n1c(=N)ccc2c1cc(-c1cnc[nH]1)n2Cc1ccccc1. The summed E-state index contributed by atoms with van der Waals surface area (Å²) in [6.45, 7) is 2.65. The second-order valence-corrected chi connectivity index (χ2v) is 6.16. The highest BCUT2D eigenvalue weighted by molar-refractivity contribution is 5.94. The fraction of sp³-hybridized carbons (Fsp3) is 0.150. The highest BCUT2D eigenvalue weighted by Crippen LogP contribution is 2.27. The molecule has 2 N–H and O–H groups in total. The maximum Gasteiger partial charge on any atom is 0.130 e. The average molecular weight is 344 g/mol. The van der Waals surface area contributed by atoms with Crippen molar-refractivity contribution in [2.45, 2.75) is 13.5 Å². The zero-order chi connectivity index (χ0) is 18.1. The van der Waals surface area contributed by atoms with E-state index in [-0.39, 0.29) is 0 Å². The normalized spacial score (nSPS) is 12.0. The summed E-state index contributed by atoms with van der Waals surface area (Å²) in [4.78, 5) is 11.7. The summed E-state index contributed by atoms with van der Waals surface area (Å²) < 4.78 is 4.12. The van der Waals surface area contributed by atoms with Gasteiger partial charge in [-0.25, -0.2) is 4.98 Å². The van der Waals surface area contributed by atoms with E-state index in [1.807, 2.05) is 48.0 Å². The fourth-order valence-electron chi connectivity index (χ4n) is 3.27. The van der Waals surface area contributed by atoms with Gasteiger partial charge in [-0.1, -0.05) is 30.3 Å². The predicted molar refractivity (Wildman–Crippen MR) is 103 cm³/mol. The lowest BCUT2D eigenvalue weighted by Crippen LogP contribution is -2.24. The lowest BCUT2D eigenvalue weighted by Gasteiger charge is -2.11. The van der Waals surface area contributed by atoms with Gasteiger partial charge in [0.1, 0.15) is 11.3 Å². The molecule has 0 spiro atoms. The molecule has 0 bridgehead atoms. The third-order valence-corrected chi connectivity index (χ3v) is 4.60. The van der Waals surface area contributed by atoms with Crippen LogP contribution in [0.2, 0.25) is 0 Å². The van der Waals surface area contributed by atoms with E-state index in [0.717, 1.165) is 34.8 Å². The summed E-state index contributed by atoms with van der Waals surface area (Å²) in [6, 6.07) is 16.3. The second kappa shape index (κ2) is 6.48. The van der Waals surface area contributed by atoms with Crippen LogP contribution in [0.25, 0.3) is 22.4 Å². The number of aliphatic imine (C=N–C) groups is 1. The van der Waals surface area contributed by atoms with Gasteiger partial charge in [-0.2, -0.15) is 0 Å². The molecule has 3 heterocycles. The molecule has 0 fully saturated rings. The van der Waals surface area contributed by atoms with Crippen LogP contribution in [0.3, 0.4) is 0 Å². The van der Waals surface area contributed by atoms with Crippen LogP contribution in [0, 0.1) is 5.41 Å². The molecule has 6 heteroatoms. The Balaban J connectivity index is 2.02. The summed E-state index contributed by atoms with van der Waals surface area (Å²) in [5, 5.41) is 8.31. The Kier molecular flexibility index (Phi) is 4.01. The maximum absolute atomic E-state index is 8.31. The van der Waals surface area contributed by atoms with Crippen molar-refractivity contribution in [1.82, 2.24) is 19.1 Å². The molecule has 130 valence electrons. The first-order valence-corrected chi connectivity index (χ1v) is 8.45. The summed E-state index contributed by atoms with van der Waals surface area (Å²) in [7, 11) is 1.75. The number of benzene rings is 1. The summed E-state index contributed by atoms with van der Waals surface area (Å²) >= 11 is 0. The maximum atomic E-state index is 8.31. The van der Waals surface area contributed by atoms with Crippen LogP contribution in [0.1, 0.15) is 12.5 Å². The van der Waals surface area contributed by atoms with Gasteiger partial charge in [0.2, 0.25) is 0 Å². The van der Waals surface area contributed by atoms with Gasteiger partial charge in [-0.05, 0) is 30.7 Å². The minimum atomic E-state index is 0.411. The van der Waals surface area contributed by atoms with Gasteiger partial charge in [0.05, 0.1) is 34.9 Å². The Labute approximate surface area is 151 Å². The number of aromatic amines is 1. The Hall–Kier alpha value is -3.41. The van der Waals surface area contributed by atoms with Gasteiger partial charge in [-0.15, -0.1) is 0 Å². The van der Waals surface area contributed by atoms with E-state index in [4.69, 9.17) is 5.41 Å². The van der Waals surface area contributed by atoms with Gasteiger partial charge in [0.15, 0.2) is 0 Å². The van der Waals surface area contributed by atoms with Crippen molar-refractivity contribution in [2.24, 2.45) is 4.99 Å². The molecule has 0 aliphatic rings. The largest absolute Gasteiger partial charge is 0.343 e. The topological polar surface area (TPSA) is 74.8 Å². The molecule has 1 aromatic carbocycles. The van der Waals surface area contributed by atoms with Crippen LogP contribution in [0.5, 0.6) is 0 Å². The Bertz CT molecular complexity index is 1130. The number of fused-ring (bicyclic) bond motifs is 1. The Morgan fingerprint density at radius 3 is 2.65 bits per heavy atom. The van der Waals surface area contributed by atoms with Crippen LogP contribution >= 0.6 is 0 Å². The van der Waals surface area contributed by atoms with E-state index in [1.54, 1.807) is 13.4 Å². The first-order valence-electron chi connectivity index (χ1n) is 8.45. The molecule has 4 rings (SSSR count). The summed E-state index contributed by atoms with van der Waals surface area (Å²) in [5.41, 5.74) is 5.62. The van der Waals surface area contributed by atoms with Gasteiger partial charge in [0, 0.05) is 13.6 Å².